The number of halogens is 1. The number of carbonyl (C=O) groups excluding carboxylic acids is 1. The predicted octanol–water partition coefficient (Wildman–Crippen LogP) is 5.43. The topological polar surface area (TPSA) is 38.3 Å². The summed E-state index contributed by atoms with van der Waals surface area (Å²) in [5, 5.41) is 3.00. The van der Waals surface area contributed by atoms with Crippen LogP contribution >= 0.6 is 15.9 Å². The van der Waals surface area contributed by atoms with E-state index in [2.05, 4.69) is 40.3 Å². The second-order valence-electron chi connectivity index (χ2n) is 5.89. The molecule has 0 aliphatic heterocycles. The van der Waals surface area contributed by atoms with E-state index < -0.39 is 0 Å². The minimum atomic E-state index is 0.0244. The molecule has 0 fully saturated rings. The summed E-state index contributed by atoms with van der Waals surface area (Å²) < 4.78 is 6.72. The molecule has 24 heavy (non-hydrogen) atoms. The largest absolute Gasteiger partial charge is 0.492 e. The molecule has 0 unspecified atom stereocenters. The molecule has 2 rings (SSSR count). The zero-order valence-corrected chi connectivity index (χ0v) is 16.1. The lowest BCUT2D eigenvalue weighted by Gasteiger charge is -2.12. The molecule has 0 saturated heterocycles. The van der Waals surface area contributed by atoms with Crippen LogP contribution in [0.5, 0.6) is 5.75 Å². The molecule has 0 saturated carbocycles. The van der Waals surface area contributed by atoms with Gasteiger partial charge in [-0.2, -0.15) is 0 Å². The number of anilines is 1. The Morgan fingerprint density at radius 3 is 2.50 bits per heavy atom. The third-order valence-corrected chi connectivity index (χ3v) is 4.58. The van der Waals surface area contributed by atoms with Gasteiger partial charge in [0.25, 0.3) is 0 Å². The Labute approximate surface area is 152 Å². The van der Waals surface area contributed by atoms with Crippen LogP contribution in [0.4, 0.5) is 5.69 Å². The Balaban J connectivity index is 1.79. The van der Waals surface area contributed by atoms with Gasteiger partial charge in [0.2, 0.25) is 5.91 Å². The average molecular weight is 390 g/mol. The standard InChI is InChI=1S/C20H24BrNO2/c1-4-16-10-11-18(17(21)13-16)24-12-6-9-19(23)22-20-14(2)7-5-8-15(20)3/h5,7-8,10-11,13H,4,6,9,12H2,1-3H3,(H,22,23). The molecule has 0 spiro atoms. The van der Waals surface area contributed by atoms with E-state index in [0.29, 0.717) is 19.4 Å². The summed E-state index contributed by atoms with van der Waals surface area (Å²) in [4.78, 5) is 12.1. The van der Waals surface area contributed by atoms with Crippen LogP contribution in [-0.4, -0.2) is 12.5 Å². The van der Waals surface area contributed by atoms with Crippen molar-refractivity contribution >= 4 is 27.5 Å². The van der Waals surface area contributed by atoms with Crippen LogP contribution in [-0.2, 0) is 11.2 Å². The van der Waals surface area contributed by atoms with Gasteiger partial charge in [0.05, 0.1) is 11.1 Å². The number of hydrogen-bond acceptors (Lipinski definition) is 2. The maximum atomic E-state index is 12.1. The van der Waals surface area contributed by atoms with Crippen molar-refractivity contribution in [3.63, 3.8) is 0 Å². The fourth-order valence-electron chi connectivity index (χ4n) is 2.51. The first-order valence-electron chi connectivity index (χ1n) is 8.28. The van der Waals surface area contributed by atoms with Gasteiger partial charge in [0.1, 0.15) is 5.75 Å². The summed E-state index contributed by atoms with van der Waals surface area (Å²) in [7, 11) is 0. The molecule has 0 heterocycles. The number of carbonyl (C=O) groups is 1. The summed E-state index contributed by atoms with van der Waals surface area (Å²) in [6.45, 7) is 6.65. The minimum Gasteiger partial charge on any atom is -0.492 e. The van der Waals surface area contributed by atoms with Crippen molar-refractivity contribution < 1.29 is 9.53 Å². The molecule has 4 heteroatoms. The highest BCUT2D eigenvalue weighted by Gasteiger charge is 2.08. The van der Waals surface area contributed by atoms with Crippen molar-refractivity contribution in [1.29, 1.82) is 0 Å². The summed E-state index contributed by atoms with van der Waals surface area (Å²) in [6, 6.07) is 12.1. The number of hydrogen-bond donors (Lipinski definition) is 1. The predicted molar refractivity (Wildman–Crippen MR) is 103 cm³/mol. The van der Waals surface area contributed by atoms with Crippen molar-refractivity contribution in [3.8, 4) is 5.75 Å². The number of para-hydroxylation sites is 1. The highest BCUT2D eigenvalue weighted by Crippen LogP contribution is 2.26. The molecular formula is C20H24BrNO2. The van der Waals surface area contributed by atoms with Crippen molar-refractivity contribution in [2.24, 2.45) is 0 Å². The zero-order valence-electron chi connectivity index (χ0n) is 14.5. The highest BCUT2D eigenvalue weighted by atomic mass is 79.9. The molecule has 0 aromatic heterocycles. The Kier molecular flexibility index (Phi) is 6.85. The molecule has 0 atom stereocenters. The van der Waals surface area contributed by atoms with Crippen LogP contribution in [0.25, 0.3) is 0 Å². The van der Waals surface area contributed by atoms with E-state index in [0.717, 1.165) is 33.5 Å². The van der Waals surface area contributed by atoms with Gasteiger partial charge >= 0.3 is 0 Å². The van der Waals surface area contributed by atoms with Gasteiger partial charge in [0.15, 0.2) is 0 Å². The second-order valence-corrected chi connectivity index (χ2v) is 6.74. The molecular weight excluding hydrogens is 366 g/mol. The van der Waals surface area contributed by atoms with Gasteiger partial charge < -0.3 is 10.1 Å². The number of amides is 1. The third-order valence-electron chi connectivity index (χ3n) is 3.96. The van der Waals surface area contributed by atoms with E-state index >= 15 is 0 Å². The molecule has 128 valence electrons. The summed E-state index contributed by atoms with van der Waals surface area (Å²) in [5.41, 5.74) is 4.35. The van der Waals surface area contributed by atoms with Crippen LogP contribution in [0, 0.1) is 13.8 Å². The number of aryl methyl sites for hydroxylation is 3. The van der Waals surface area contributed by atoms with Crippen molar-refractivity contribution in [1.82, 2.24) is 0 Å². The highest BCUT2D eigenvalue weighted by molar-refractivity contribution is 9.10. The number of ether oxygens (including phenoxy) is 1. The van der Waals surface area contributed by atoms with Crippen molar-refractivity contribution in [2.45, 2.75) is 40.0 Å². The summed E-state index contributed by atoms with van der Waals surface area (Å²) in [5.74, 6) is 0.846. The fourth-order valence-corrected chi connectivity index (χ4v) is 3.05. The normalized spacial score (nSPS) is 10.5. The number of nitrogens with one attached hydrogen (secondary N) is 1. The lowest BCUT2D eigenvalue weighted by Crippen LogP contribution is -2.14. The van der Waals surface area contributed by atoms with Gasteiger partial charge in [-0.1, -0.05) is 31.2 Å². The van der Waals surface area contributed by atoms with Crippen LogP contribution in [0.15, 0.2) is 40.9 Å². The minimum absolute atomic E-state index is 0.0244. The Morgan fingerprint density at radius 1 is 1.17 bits per heavy atom. The van der Waals surface area contributed by atoms with E-state index in [-0.39, 0.29) is 5.91 Å². The monoisotopic (exact) mass is 389 g/mol. The molecule has 0 aliphatic rings. The van der Waals surface area contributed by atoms with Gasteiger partial charge in [0, 0.05) is 12.1 Å². The van der Waals surface area contributed by atoms with Crippen LogP contribution in [0.1, 0.15) is 36.5 Å². The van der Waals surface area contributed by atoms with E-state index in [1.54, 1.807) is 0 Å². The molecule has 2 aromatic carbocycles. The van der Waals surface area contributed by atoms with E-state index in [1.807, 2.05) is 38.1 Å². The molecule has 3 nitrogen and oxygen atoms in total. The summed E-state index contributed by atoms with van der Waals surface area (Å²) in [6.07, 6.45) is 2.12. The zero-order chi connectivity index (χ0) is 17.5. The first-order chi connectivity index (χ1) is 11.5. The Bertz CT molecular complexity index is 693. The quantitative estimate of drug-likeness (QED) is 0.641. The first kappa shape index (κ1) is 18.5. The molecule has 0 aliphatic carbocycles. The van der Waals surface area contributed by atoms with Gasteiger partial charge in [-0.05, 0) is 71.4 Å². The van der Waals surface area contributed by atoms with Crippen molar-refractivity contribution in [2.75, 3.05) is 11.9 Å². The molecule has 0 radical (unpaired) electrons. The lowest BCUT2D eigenvalue weighted by molar-refractivity contribution is -0.116. The van der Waals surface area contributed by atoms with Gasteiger partial charge in [-0.25, -0.2) is 0 Å². The van der Waals surface area contributed by atoms with Gasteiger partial charge in [-0.3, -0.25) is 4.79 Å². The molecule has 2 aromatic rings. The molecule has 1 N–H and O–H groups in total. The first-order valence-corrected chi connectivity index (χ1v) is 9.08. The number of rotatable bonds is 7. The van der Waals surface area contributed by atoms with E-state index in [4.69, 9.17) is 4.74 Å². The maximum Gasteiger partial charge on any atom is 0.224 e. The Hall–Kier alpha value is -1.81. The SMILES string of the molecule is CCc1ccc(OCCCC(=O)Nc2c(C)cccc2C)c(Br)c1. The summed E-state index contributed by atoms with van der Waals surface area (Å²) >= 11 is 3.52. The Morgan fingerprint density at radius 2 is 1.88 bits per heavy atom. The molecule has 0 bridgehead atoms. The smallest absolute Gasteiger partial charge is 0.224 e. The van der Waals surface area contributed by atoms with Crippen LogP contribution in [0.2, 0.25) is 0 Å². The fraction of sp³-hybridized carbons (Fsp3) is 0.350. The second kappa shape index (κ2) is 8.88. The maximum absolute atomic E-state index is 12.1. The number of benzene rings is 2. The third kappa shape index (κ3) is 5.10. The average Bonchev–Trinajstić information content (AvgIpc) is 2.56. The van der Waals surface area contributed by atoms with E-state index in [1.165, 1.54) is 5.56 Å². The van der Waals surface area contributed by atoms with Crippen LogP contribution < -0.4 is 10.1 Å². The van der Waals surface area contributed by atoms with Crippen molar-refractivity contribution in [3.05, 3.63) is 57.6 Å². The lowest BCUT2D eigenvalue weighted by atomic mass is 10.1. The van der Waals surface area contributed by atoms with E-state index in [9.17, 15) is 4.79 Å². The van der Waals surface area contributed by atoms with Gasteiger partial charge in [-0.15, -0.1) is 0 Å². The van der Waals surface area contributed by atoms with Crippen LogP contribution in [0.3, 0.4) is 0 Å². The molecule has 1 amide bonds.